The number of nitrogens with two attached hydrogens (primary N) is 1. The van der Waals surface area contributed by atoms with Gasteiger partial charge in [-0.25, -0.2) is 8.78 Å². The fourth-order valence-electron chi connectivity index (χ4n) is 4.86. The van der Waals surface area contributed by atoms with E-state index in [-0.39, 0.29) is 23.5 Å². The van der Waals surface area contributed by atoms with Crippen LogP contribution in [-0.2, 0) is 4.74 Å². The Morgan fingerprint density at radius 3 is 2.58 bits per heavy atom. The fourth-order valence-corrected chi connectivity index (χ4v) is 4.86. The topological polar surface area (TPSA) is 95.4 Å². The lowest BCUT2D eigenvalue weighted by Crippen LogP contribution is -2.51. The van der Waals surface area contributed by atoms with Crippen molar-refractivity contribution in [2.75, 3.05) is 25.1 Å². The van der Waals surface area contributed by atoms with Gasteiger partial charge >= 0.3 is 0 Å². The molecule has 4 aromatic rings. The molecule has 0 amide bonds. The molecule has 0 spiro atoms. The van der Waals surface area contributed by atoms with Crippen LogP contribution in [0.4, 0.5) is 14.5 Å². The molecule has 2 atom stereocenters. The molecule has 1 saturated heterocycles. The average Bonchev–Trinajstić information content (AvgIpc) is 2.87. The molecule has 0 aliphatic carbocycles. The van der Waals surface area contributed by atoms with Gasteiger partial charge in [-0.3, -0.25) is 4.98 Å². The van der Waals surface area contributed by atoms with Crippen LogP contribution in [-0.4, -0.2) is 42.4 Å². The monoisotopic (exact) mass is 486 g/mol. The van der Waals surface area contributed by atoms with Gasteiger partial charge in [0.2, 0.25) is 0 Å². The molecule has 182 valence electrons. The summed E-state index contributed by atoms with van der Waals surface area (Å²) in [4.78, 5) is 6.68. The van der Waals surface area contributed by atoms with Crippen LogP contribution in [0.1, 0.15) is 12.0 Å². The van der Waals surface area contributed by atoms with E-state index in [4.69, 9.17) is 10.5 Å². The number of piperidine rings is 1. The Hall–Kier alpha value is -4.06. The Balaban J connectivity index is 1.76. The highest BCUT2D eigenvalue weighted by Crippen LogP contribution is 2.41. The summed E-state index contributed by atoms with van der Waals surface area (Å²) in [5.41, 5.74) is 9.96. The number of nitrogens with zero attached hydrogens (tertiary/aromatic N) is 3. The predicted octanol–water partition coefficient (Wildman–Crippen LogP) is 4.98. The molecule has 36 heavy (non-hydrogen) atoms. The number of hydrogen-bond donors (Lipinski definition) is 2. The van der Waals surface area contributed by atoms with Gasteiger partial charge in [-0.05, 0) is 47.9 Å². The number of ether oxygens (including phenoxy) is 1. The maximum Gasteiger partial charge on any atom is 0.141 e. The minimum atomic E-state index is -0.682. The summed E-state index contributed by atoms with van der Waals surface area (Å²) >= 11 is 0. The first kappa shape index (κ1) is 23.7. The van der Waals surface area contributed by atoms with Gasteiger partial charge in [0, 0.05) is 55.0 Å². The first-order valence-electron chi connectivity index (χ1n) is 11.5. The van der Waals surface area contributed by atoms with Crippen LogP contribution >= 0.6 is 0 Å². The van der Waals surface area contributed by atoms with Crippen molar-refractivity contribution in [2.45, 2.75) is 18.6 Å². The van der Waals surface area contributed by atoms with Gasteiger partial charge in [0.1, 0.15) is 23.5 Å². The molecule has 5 rings (SSSR count). The number of para-hydroxylation sites is 1. The van der Waals surface area contributed by atoms with Gasteiger partial charge in [0.25, 0.3) is 0 Å². The van der Waals surface area contributed by atoms with Crippen molar-refractivity contribution in [3.63, 3.8) is 0 Å². The second kappa shape index (κ2) is 9.53. The van der Waals surface area contributed by atoms with Crippen LogP contribution in [0.5, 0.6) is 5.75 Å². The first-order chi connectivity index (χ1) is 17.4. The maximum atomic E-state index is 14.2. The summed E-state index contributed by atoms with van der Waals surface area (Å²) in [6.45, 7) is 1.10. The molecule has 6 nitrogen and oxygen atoms in total. The number of nitriles is 1. The molecule has 1 fully saturated rings. The van der Waals surface area contributed by atoms with Gasteiger partial charge in [-0.15, -0.1) is 0 Å². The number of methoxy groups -OCH3 is 1. The van der Waals surface area contributed by atoms with Crippen molar-refractivity contribution in [2.24, 2.45) is 5.73 Å². The van der Waals surface area contributed by atoms with E-state index in [9.17, 15) is 19.1 Å². The number of pyridine rings is 1. The number of halogens is 2. The van der Waals surface area contributed by atoms with Crippen molar-refractivity contribution in [1.29, 1.82) is 5.26 Å². The summed E-state index contributed by atoms with van der Waals surface area (Å²) in [5, 5.41) is 20.7. The van der Waals surface area contributed by atoms with Crippen molar-refractivity contribution >= 4 is 16.6 Å². The van der Waals surface area contributed by atoms with Crippen LogP contribution in [0.3, 0.4) is 0 Å². The Bertz CT molecular complexity index is 1480. The molecule has 8 heteroatoms. The van der Waals surface area contributed by atoms with E-state index in [1.54, 1.807) is 31.5 Å². The molecule has 0 radical (unpaired) electrons. The van der Waals surface area contributed by atoms with Crippen LogP contribution in [0.25, 0.3) is 33.2 Å². The Morgan fingerprint density at radius 2 is 1.86 bits per heavy atom. The summed E-state index contributed by atoms with van der Waals surface area (Å²) in [7, 11) is 1.62. The molecule has 2 unspecified atom stereocenters. The summed E-state index contributed by atoms with van der Waals surface area (Å²) in [5.74, 6) is -1.47. The number of anilines is 1. The molecule has 0 saturated carbocycles. The van der Waals surface area contributed by atoms with Gasteiger partial charge in [0.05, 0.1) is 22.9 Å². The predicted molar refractivity (Wildman–Crippen MR) is 135 cm³/mol. The number of fused-ring (bicyclic) bond motifs is 1. The number of aromatic nitrogens is 1. The SMILES string of the molecule is COC1CN(c2c(-c3cc(F)cc(F)c3)cnc3ccc(-c4cccc(C#N)c4O)cc23)CCC1N. The van der Waals surface area contributed by atoms with Crippen molar-refractivity contribution in [3.8, 4) is 34.1 Å². The summed E-state index contributed by atoms with van der Waals surface area (Å²) in [6.07, 6.45) is 2.07. The highest BCUT2D eigenvalue weighted by atomic mass is 19.1. The standard InChI is InChI=1S/C28H24F2N4O2/c1-36-26-15-34(8-7-24(26)32)27-22-11-16(21-4-2-3-17(13-31)28(21)35)5-6-25(22)33-14-23(27)18-9-19(29)12-20(30)10-18/h2-6,9-12,14,24,26,35H,7-8,15,32H2,1H3. The quantitative estimate of drug-likeness (QED) is 0.423. The number of hydrogen-bond acceptors (Lipinski definition) is 6. The lowest BCUT2D eigenvalue weighted by molar-refractivity contribution is 0.0731. The van der Waals surface area contributed by atoms with E-state index in [0.29, 0.717) is 47.3 Å². The van der Waals surface area contributed by atoms with Gasteiger partial charge in [-0.1, -0.05) is 18.2 Å². The zero-order valence-electron chi connectivity index (χ0n) is 19.6. The molecule has 1 aliphatic rings. The number of phenolic OH excluding ortho intramolecular Hbond substituents is 1. The molecular formula is C28H24F2N4O2. The number of benzene rings is 3. The highest BCUT2D eigenvalue weighted by Gasteiger charge is 2.29. The summed E-state index contributed by atoms with van der Waals surface area (Å²) in [6, 6.07) is 15.8. The minimum absolute atomic E-state index is 0.111. The molecule has 1 aliphatic heterocycles. The Labute approximate surface area is 207 Å². The molecule has 3 aromatic carbocycles. The van der Waals surface area contributed by atoms with Crippen LogP contribution < -0.4 is 10.6 Å². The third-order valence-corrected chi connectivity index (χ3v) is 6.71. The third-order valence-electron chi connectivity index (χ3n) is 6.71. The van der Waals surface area contributed by atoms with E-state index >= 15 is 0 Å². The molecule has 2 heterocycles. The number of phenols is 1. The molecule has 1 aromatic heterocycles. The number of aromatic hydroxyl groups is 1. The smallest absolute Gasteiger partial charge is 0.141 e. The number of rotatable bonds is 4. The first-order valence-corrected chi connectivity index (χ1v) is 11.5. The normalized spacial score (nSPS) is 17.8. The van der Waals surface area contributed by atoms with Crippen LogP contribution in [0.2, 0.25) is 0 Å². The summed E-state index contributed by atoms with van der Waals surface area (Å²) < 4.78 is 34.0. The largest absolute Gasteiger partial charge is 0.506 e. The zero-order valence-corrected chi connectivity index (χ0v) is 19.6. The van der Waals surface area contributed by atoms with Gasteiger partial charge in [-0.2, -0.15) is 5.26 Å². The van der Waals surface area contributed by atoms with E-state index in [1.165, 1.54) is 12.1 Å². The van der Waals surface area contributed by atoms with Gasteiger partial charge < -0.3 is 20.5 Å². The maximum absolute atomic E-state index is 14.2. The van der Waals surface area contributed by atoms with E-state index in [0.717, 1.165) is 17.1 Å². The highest BCUT2D eigenvalue weighted by molar-refractivity contribution is 6.02. The zero-order chi connectivity index (χ0) is 25.4. The van der Waals surface area contributed by atoms with E-state index in [2.05, 4.69) is 9.88 Å². The van der Waals surface area contributed by atoms with Crippen molar-refractivity contribution in [3.05, 3.63) is 78.0 Å². The van der Waals surface area contributed by atoms with E-state index < -0.39 is 11.6 Å². The second-order valence-corrected chi connectivity index (χ2v) is 8.90. The average molecular weight is 487 g/mol. The van der Waals surface area contributed by atoms with Gasteiger partial charge in [0.15, 0.2) is 0 Å². The fraction of sp³-hybridized carbons (Fsp3) is 0.214. The van der Waals surface area contributed by atoms with Crippen molar-refractivity contribution in [1.82, 2.24) is 4.98 Å². The van der Waals surface area contributed by atoms with Crippen LogP contribution in [0.15, 0.2) is 60.8 Å². The van der Waals surface area contributed by atoms with Crippen molar-refractivity contribution < 1.29 is 18.6 Å². The molecular weight excluding hydrogens is 462 g/mol. The molecule has 3 N–H and O–H groups in total. The van der Waals surface area contributed by atoms with E-state index in [1.807, 2.05) is 24.3 Å². The van der Waals surface area contributed by atoms with Crippen LogP contribution in [0, 0.1) is 23.0 Å². The Kier molecular flexibility index (Phi) is 6.27. The Morgan fingerprint density at radius 1 is 1.08 bits per heavy atom. The lowest BCUT2D eigenvalue weighted by Gasteiger charge is -2.38. The lowest BCUT2D eigenvalue weighted by atomic mass is 9.94. The third kappa shape index (κ3) is 4.24. The minimum Gasteiger partial charge on any atom is -0.506 e. The molecule has 0 bridgehead atoms. The second-order valence-electron chi connectivity index (χ2n) is 8.90.